The predicted molar refractivity (Wildman–Crippen MR) is 107 cm³/mol. The molecule has 0 amide bonds. The number of aromatic nitrogens is 1. The van der Waals surface area contributed by atoms with E-state index in [0.29, 0.717) is 12.4 Å². The van der Waals surface area contributed by atoms with Gasteiger partial charge in [0.2, 0.25) is 5.88 Å². The summed E-state index contributed by atoms with van der Waals surface area (Å²) in [5, 5.41) is 6.62. The van der Waals surface area contributed by atoms with E-state index >= 15 is 0 Å². The number of pyridine rings is 1. The Balaban J connectivity index is 0.00000441. The van der Waals surface area contributed by atoms with E-state index in [4.69, 9.17) is 4.74 Å². The van der Waals surface area contributed by atoms with Crippen LogP contribution in [-0.2, 0) is 6.54 Å². The number of rotatable bonds is 7. The molecule has 0 spiro atoms. The van der Waals surface area contributed by atoms with Gasteiger partial charge in [-0.3, -0.25) is 0 Å². The molecule has 1 heterocycles. The minimum absolute atomic E-state index is 0. The smallest absolute Gasteiger partial charge is 0.213 e. The second-order valence-corrected chi connectivity index (χ2v) is 6.70. The molecule has 0 aliphatic heterocycles. The fourth-order valence-corrected chi connectivity index (χ4v) is 1.75. The molecule has 0 aromatic carbocycles. The van der Waals surface area contributed by atoms with E-state index < -0.39 is 0 Å². The first-order valence-corrected chi connectivity index (χ1v) is 8.30. The van der Waals surface area contributed by atoms with Crippen LogP contribution in [-0.4, -0.2) is 42.1 Å². The molecule has 0 bridgehead atoms. The highest BCUT2D eigenvalue weighted by Gasteiger charge is 2.16. The minimum atomic E-state index is 0. The summed E-state index contributed by atoms with van der Waals surface area (Å²) >= 11 is 1.83. The molecular formula is C15H27IN4OS. The summed E-state index contributed by atoms with van der Waals surface area (Å²) in [6, 6.07) is 5.70. The summed E-state index contributed by atoms with van der Waals surface area (Å²) in [5.41, 5.74) is 0.885. The fourth-order valence-electron chi connectivity index (χ4n) is 1.53. The number of hydrogen-bond acceptors (Lipinski definition) is 4. The van der Waals surface area contributed by atoms with Gasteiger partial charge in [-0.15, -0.1) is 24.0 Å². The molecule has 5 nitrogen and oxygen atoms in total. The Morgan fingerprint density at radius 2 is 2.09 bits per heavy atom. The highest BCUT2D eigenvalue weighted by molar-refractivity contribution is 14.0. The summed E-state index contributed by atoms with van der Waals surface area (Å²) in [6.07, 6.45) is 2.12. The fraction of sp³-hybridized carbons (Fsp3) is 0.600. The molecule has 0 saturated heterocycles. The molecule has 2 N–H and O–H groups in total. The number of aliphatic imine (C=N–C) groups is 1. The Bertz CT molecular complexity index is 469. The molecule has 22 heavy (non-hydrogen) atoms. The number of hydrogen-bond donors (Lipinski definition) is 2. The monoisotopic (exact) mass is 438 g/mol. The summed E-state index contributed by atoms with van der Waals surface area (Å²) in [6.45, 7) is 8.67. The van der Waals surface area contributed by atoms with E-state index in [1.54, 1.807) is 7.11 Å². The van der Waals surface area contributed by atoms with Crippen LogP contribution in [0, 0.1) is 0 Å². The van der Waals surface area contributed by atoms with Gasteiger partial charge in [0.25, 0.3) is 0 Å². The van der Waals surface area contributed by atoms with Crippen LogP contribution in [0.3, 0.4) is 0 Å². The van der Waals surface area contributed by atoms with Crippen molar-refractivity contribution in [2.75, 3.05) is 26.5 Å². The lowest BCUT2D eigenvalue weighted by Gasteiger charge is -2.23. The third kappa shape index (κ3) is 8.07. The van der Waals surface area contributed by atoms with Crippen LogP contribution in [0.4, 0.5) is 0 Å². The highest BCUT2D eigenvalue weighted by atomic mass is 127. The third-order valence-corrected chi connectivity index (χ3v) is 4.22. The average Bonchev–Trinajstić information content (AvgIpc) is 2.50. The van der Waals surface area contributed by atoms with Gasteiger partial charge >= 0.3 is 0 Å². The van der Waals surface area contributed by atoms with Gasteiger partial charge in [-0.2, -0.15) is 11.8 Å². The average molecular weight is 438 g/mol. The summed E-state index contributed by atoms with van der Waals surface area (Å²) < 4.78 is 5.29. The number of nitrogens with one attached hydrogen (secondary N) is 2. The van der Waals surface area contributed by atoms with E-state index in [0.717, 1.165) is 24.7 Å². The molecule has 0 fully saturated rings. The lowest BCUT2D eigenvalue weighted by atomic mass is 10.2. The maximum atomic E-state index is 5.12. The van der Waals surface area contributed by atoms with Crippen molar-refractivity contribution in [1.29, 1.82) is 0 Å². The second kappa shape index (κ2) is 10.9. The molecule has 0 unspecified atom stereocenters. The summed E-state index contributed by atoms with van der Waals surface area (Å²) in [7, 11) is 1.62. The van der Waals surface area contributed by atoms with Crippen LogP contribution >= 0.6 is 35.7 Å². The SMILES string of the molecule is CCNC(=NCc1cccc(OC)n1)NCC(C)(C)SC.I. The standard InChI is InChI=1S/C15H26N4OS.HI/c1-6-16-14(18-11-15(2,3)21-5)17-10-12-8-7-9-13(19-12)20-4;/h7-9H,6,10-11H2,1-5H3,(H2,16,17,18);1H. The first-order chi connectivity index (χ1) is 10.0. The Hall–Kier alpha value is -0.700. The zero-order chi connectivity index (χ0) is 15.7. The Morgan fingerprint density at radius 3 is 2.68 bits per heavy atom. The molecular weight excluding hydrogens is 411 g/mol. The normalized spacial score (nSPS) is 11.6. The molecule has 126 valence electrons. The molecule has 0 radical (unpaired) electrons. The number of ether oxygens (including phenoxy) is 1. The quantitative estimate of drug-likeness (QED) is 0.390. The van der Waals surface area contributed by atoms with Gasteiger partial charge in [0.15, 0.2) is 5.96 Å². The van der Waals surface area contributed by atoms with Crippen LogP contribution in [0.2, 0.25) is 0 Å². The van der Waals surface area contributed by atoms with Gasteiger partial charge in [0.1, 0.15) is 0 Å². The molecule has 1 rings (SSSR count). The van der Waals surface area contributed by atoms with E-state index in [1.165, 1.54) is 0 Å². The van der Waals surface area contributed by atoms with Gasteiger partial charge < -0.3 is 15.4 Å². The largest absolute Gasteiger partial charge is 0.481 e. The zero-order valence-corrected chi connectivity index (χ0v) is 17.1. The second-order valence-electron chi connectivity index (χ2n) is 5.18. The van der Waals surface area contributed by atoms with Crippen molar-refractivity contribution in [3.63, 3.8) is 0 Å². The number of methoxy groups -OCH3 is 1. The van der Waals surface area contributed by atoms with Gasteiger partial charge in [0.05, 0.1) is 19.3 Å². The lowest BCUT2D eigenvalue weighted by molar-refractivity contribution is 0.396. The first kappa shape index (κ1) is 21.3. The highest BCUT2D eigenvalue weighted by Crippen LogP contribution is 2.19. The van der Waals surface area contributed by atoms with Gasteiger partial charge in [-0.1, -0.05) is 6.07 Å². The predicted octanol–water partition coefficient (Wildman–Crippen LogP) is 2.90. The molecule has 0 atom stereocenters. The molecule has 0 aliphatic rings. The Labute approximate surface area is 155 Å². The molecule has 0 aliphatic carbocycles. The van der Waals surface area contributed by atoms with Crippen LogP contribution in [0.1, 0.15) is 26.5 Å². The molecule has 1 aromatic heterocycles. The number of guanidine groups is 1. The number of nitrogens with zero attached hydrogens (tertiary/aromatic N) is 2. The van der Waals surface area contributed by atoms with E-state index in [9.17, 15) is 0 Å². The van der Waals surface area contributed by atoms with Crippen LogP contribution in [0.25, 0.3) is 0 Å². The zero-order valence-electron chi connectivity index (χ0n) is 14.0. The van der Waals surface area contributed by atoms with Crippen LogP contribution in [0.15, 0.2) is 23.2 Å². The van der Waals surface area contributed by atoms with Crippen molar-refractivity contribution in [3.05, 3.63) is 23.9 Å². The third-order valence-electron chi connectivity index (χ3n) is 2.97. The topological polar surface area (TPSA) is 58.5 Å². The van der Waals surface area contributed by atoms with Crippen molar-refractivity contribution < 1.29 is 4.74 Å². The van der Waals surface area contributed by atoms with Crippen molar-refractivity contribution in [2.24, 2.45) is 4.99 Å². The maximum Gasteiger partial charge on any atom is 0.213 e. The van der Waals surface area contributed by atoms with Crippen molar-refractivity contribution in [3.8, 4) is 5.88 Å². The number of thioether (sulfide) groups is 1. The van der Waals surface area contributed by atoms with Gasteiger partial charge in [0, 0.05) is 23.9 Å². The van der Waals surface area contributed by atoms with E-state index in [2.05, 4.69) is 47.6 Å². The maximum absolute atomic E-state index is 5.12. The summed E-state index contributed by atoms with van der Waals surface area (Å²) in [5.74, 6) is 1.42. The first-order valence-electron chi connectivity index (χ1n) is 7.08. The van der Waals surface area contributed by atoms with Gasteiger partial charge in [-0.25, -0.2) is 9.98 Å². The molecule has 7 heteroatoms. The molecule has 1 aromatic rings. The minimum Gasteiger partial charge on any atom is -0.481 e. The van der Waals surface area contributed by atoms with Crippen molar-refractivity contribution in [2.45, 2.75) is 32.1 Å². The van der Waals surface area contributed by atoms with Crippen molar-refractivity contribution >= 4 is 41.7 Å². The van der Waals surface area contributed by atoms with Crippen LogP contribution in [0.5, 0.6) is 5.88 Å². The molecule has 0 saturated carbocycles. The lowest BCUT2D eigenvalue weighted by Crippen LogP contribution is -2.43. The van der Waals surface area contributed by atoms with E-state index in [-0.39, 0.29) is 28.7 Å². The van der Waals surface area contributed by atoms with Crippen LogP contribution < -0.4 is 15.4 Å². The Kier molecular flexibility index (Phi) is 10.6. The van der Waals surface area contributed by atoms with Crippen molar-refractivity contribution in [1.82, 2.24) is 15.6 Å². The number of halogens is 1. The Morgan fingerprint density at radius 1 is 1.36 bits per heavy atom. The summed E-state index contributed by atoms with van der Waals surface area (Å²) in [4.78, 5) is 8.92. The van der Waals surface area contributed by atoms with Gasteiger partial charge in [-0.05, 0) is 33.1 Å². The van der Waals surface area contributed by atoms with E-state index in [1.807, 2.05) is 30.0 Å².